The number of aliphatic hydroxyl groups is 1. The van der Waals surface area contributed by atoms with E-state index in [1.54, 1.807) is 18.3 Å². The molecule has 0 aliphatic rings. The van der Waals surface area contributed by atoms with Gasteiger partial charge in [0.25, 0.3) is 0 Å². The molecule has 0 radical (unpaired) electrons. The Morgan fingerprint density at radius 1 is 1.75 bits per heavy atom. The lowest BCUT2D eigenvalue weighted by Crippen LogP contribution is -1.82. The maximum atomic E-state index is 8.92. The summed E-state index contributed by atoms with van der Waals surface area (Å²) in [5.74, 6) is 0. The summed E-state index contributed by atoms with van der Waals surface area (Å²) in [6, 6.07) is 3.86. The predicted octanol–water partition coefficient (Wildman–Crippen LogP) is 1.80. The summed E-state index contributed by atoms with van der Waals surface area (Å²) < 4.78 is 0. The molecular weight excluding hydrogens is 120 g/mol. The molecule has 1 aromatic heterocycles. The molecule has 0 fully saturated rings. The fourth-order valence-corrected chi connectivity index (χ4v) is 1.20. The van der Waals surface area contributed by atoms with E-state index in [-0.39, 0.29) is 6.10 Å². The molecule has 44 valence electrons. The zero-order valence-electron chi connectivity index (χ0n) is 4.66. The number of thiophene rings is 1. The molecule has 0 bridgehead atoms. The van der Waals surface area contributed by atoms with Gasteiger partial charge in [0.1, 0.15) is 0 Å². The largest absolute Gasteiger partial charge is 0.388 e. The topological polar surface area (TPSA) is 20.2 Å². The first-order chi connectivity index (χ1) is 3.80. The first-order valence-corrected chi connectivity index (χ1v) is 3.40. The van der Waals surface area contributed by atoms with Crippen molar-refractivity contribution in [3.63, 3.8) is 0 Å². The van der Waals surface area contributed by atoms with Gasteiger partial charge in [-0.1, -0.05) is 6.07 Å². The first-order valence-electron chi connectivity index (χ1n) is 2.52. The molecule has 8 heavy (non-hydrogen) atoms. The van der Waals surface area contributed by atoms with E-state index >= 15 is 0 Å². The molecule has 2 heteroatoms. The molecule has 0 aromatic carbocycles. The standard InChI is InChI=1S/C6H8OS/c1-5(7)6-3-2-4-8-6/h2-5,7H,1H3. The van der Waals surface area contributed by atoms with Gasteiger partial charge >= 0.3 is 0 Å². The van der Waals surface area contributed by atoms with Crippen LogP contribution >= 0.6 is 11.3 Å². The summed E-state index contributed by atoms with van der Waals surface area (Å²) in [6.07, 6.45) is -0.296. The maximum Gasteiger partial charge on any atom is 0.0853 e. The van der Waals surface area contributed by atoms with Crippen molar-refractivity contribution in [2.24, 2.45) is 0 Å². The Bertz CT molecular complexity index is 144. The zero-order valence-corrected chi connectivity index (χ0v) is 5.48. The highest BCUT2D eigenvalue weighted by atomic mass is 32.1. The van der Waals surface area contributed by atoms with E-state index < -0.39 is 0 Å². The molecule has 1 atom stereocenters. The minimum Gasteiger partial charge on any atom is -0.388 e. The second-order valence-electron chi connectivity index (χ2n) is 1.69. The monoisotopic (exact) mass is 128 g/mol. The van der Waals surface area contributed by atoms with Crippen LogP contribution in [0.4, 0.5) is 0 Å². The Balaban J connectivity index is 2.77. The third-order valence-corrected chi connectivity index (χ3v) is 2.00. The molecule has 0 saturated carbocycles. The predicted molar refractivity (Wildman–Crippen MR) is 35.0 cm³/mol. The van der Waals surface area contributed by atoms with Crippen LogP contribution < -0.4 is 0 Å². The summed E-state index contributed by atoms with van der Waals surface area (Å²) in [4.78, 5) is 1.03. The summed E-state index contributed by atoms with van der Waals surface area (Å²) in [7, 11) is 0. The molecule has 1 aromatic rings. The SMILES string of the molecule is CC(O)c1cccs1. The number of aliphatic hydroxyl groups excluding tert-OH is 1. The van der Waals surface area contributed by atoms with Crippen LogP contribution in [-0.4, -0.2) is 5.11 Å². The summed E-state index contributed by atoms with van der Waals surface area (Å²) >= 11 is 1.58. The lowest BCUT2D eigenvalue weighted by atomic mass is 10.3. The van der Waals surface area contributed by atoms with E-state index in [9.17, 15) is 0 Å². The minimum atomic E-state index is -0.296. The van der Waals surface area contributed by atoms with Crippen LogP contribution in [0, 0.1) is 0 Å². The Labute approximate surface area is 52.6 Å². The van der Waals surface area contributed by atoms with Crippen LogP contribution in [0.2, 0.25) is 0 Å². The van der Waals surface area contributed by atoms with Gasteiger partial charge < -0.3 is 5.11 Å². The van der Waals surface area contributed by atoms with Crippen LogP contribution in [0.25, 0.3) is 0 Å². The maximum absolute atomic E-state index is 8.92. The van der Waals surface area contributed by atoms with E-state index in [0.29, 0.717) is 0 Å². The fraction of sp³-hybridized carbons (Fsp3) is 0.333. The number of hydrogen-bond donors (Lipinski definition) is 1. The average Bonchev–Trinajstić information content (AvgIpc) is 2.12. The smallest absolute Gasteiger partial charge is 0.0853 e. The lowest BCUT2D eigenvalue weighted by molar-refractivity contribution is 0.203. The molecular formula is C6H8OS. The Hall–Kier alpha value is -0.340. The van der Waals surface area contributed by atoms with Gasteiger partial charge in [-0.2, -0.15) is 0 Å². The normalized spacial score (nSPS) is 13.8. The van der Waals surface area contributed by atoms with Crippen LogP contribution in [0.3, 0.4) is 0 Å². The third kappa shape index (κ3) is 1.08. The van der Waals surface area contributed by atoms with Gasteiger partial charge in [-0.05, 0) is 18.4 Å². The van der Waals surface area contributed by atoms with Gasteiger partial charge in [-0.15, -0.1) is 11.3 Å². The van der Waals surface area contributed by atoms with Gasteiger partial charge in [0.05, 0.1) is 6.10 Å². The van der Waals surface area contributed by atoms with Crippen molar-refractivity contribution < 1.29 is 5.11 Å². The number of rotatable bonds is 1. The van der Waals surface area contributed by atoms with E-state index in [4.69, 9.17) is 5.11 Å². The molecule has 0 aliphatic heterocycles. The van der Waals surface area contributed by atoms with Crippen molar-refractivity contribution in [2.45, 2.75) is 13.0 Å². The number of hydrogen-bond acceptors (Lipinski definition) is 2. The van der Waals surface area contributed by atoms with Crippen molar-refractivity contribution >= 4 is 11.3 Å². The van der Waals surface area contributed by atoms with Crippen LogP contribution in [0.5, 0.6) is 0 Å². The van der Waals surface area contributed by atoms with Gasteiger partial charge in [0.2, 0.25) is 0 Å². The second-order valence-corrected chi connectivity index (χ2v) is 2.67. The molecule has 0 spiro atoms. The minimum absolute atomic E-state index is 0.296. The van der Waals surface area contributed by atoms with E-state index in [1.165, 1.54) is 0 Å². The van der Waals surface area contributed by atoms with Crippen molar-refractivity contribution in [3.05, 3.63) is 22.4 Å². The van der Waals surface area contributed by atoms with E-state index in [1.807, 2.05) is 17.5 Å². The molecule has 1 rings (SSSR count). The Morgan fingerprint density at radius 2 is 2.50 bits per heavy atom. The van der Waals surface area contributed by atoms with Gasteiger partial charge in [-0.3, -0.25) is 0 Å². The second kappa shape index (κ2) is 2.29. The third-order valence-electron chi connectivity index (χ3n) is 0.955. The highest BCUT2D eigenvalue weighted by Crippen LogP contribution is 2.16. The average molecular weight is 128 g/mol. The van der Waals surface area contributed by atoms with Gasteiger partial charge in [0, 0.05) is 4.88 Å². The first kappa shape index (κ1) is 5.79. The van der Waals surface area contributed by atoms with Crippen molar-refractivity contribution in [3.8, 4) is 0 Å². The molecule has 1 nitrogen and oxygen atoms in total. The lowest BCUT2D eigenvalue weighted by Gasteiger charge is -1.95. The Kier molecular flexibility index (Phi) is 1.65. The molecule has 0 saturated heterocycles. The highest BCUT2D eigenvalue weighted by Gasteiger charge is 1.97. The Morgan fingerprint density at radius 3 is 2.75 bits per heavy atom. The van der Waals surface area contributed by atoms with Crippen molar-refractivity contribution in [2.75, 3.05) is 0 Å². The highest BCUT2D eigenvalue weighted by molar-refractivity contribution is 7.10. The van der Waals surface area contributed by atoms with Gasteiger partial charge in [-0.25, -0.2) is 0 Å². The van der Waals surface area contributed by atoms with Gasteiger partial charge in [0.15, 0.2) is 0 Å². The zero-order chi connectivity index (χ0) is 5.98. The summed E-state index contributed by atoms with van der Waals surface area (Å²) in [5.41, 5.74) is 0. The van der Waals surface area contributed by atoms with Crippen molar-refractivity contribution in [1.29, 1.82) is 0 Å². The molecule has 1 unspecified atom stereocenters. The molecule has 1 N–H and O–H groups in total. The van der Waals surface area contributed by atoms with Crippen LogP contribution in [0.15, 0.2) is 17.5 Å². The quantitative estimate of drug-likeness (QED) is 0.611. The van der Waals surface area contributed by atoms with E-state index in [0.717, 1.165) is 4.88 Å². The molecule has 1 heterocycles. The summed E-state index contributed by atoms with van der Waals surface area (Å²) in [6.45, 7) is 1.77. The molecule has 0 aliphatic carbocycles. The van der Waals surface area contributed by atoms with Crippen LogP contribution in [-0.2, 0) is 0 Å². The van der Waals surface area contributed by atoms with Crippen LogP contribution in [0.1, 0.15) is 17.9 Å². The fourth-order valence-electron chi connectivity index (χ4n) is 0.529. The van der Waals surface area contributed by atoms with E-state index in [2.05, 4.69) is 0 Å². The van der Waals surface area contributed by atoms with Crippen molar-refractivity contribution in [1.82, 2.24) is 0 Å². The summed E-state index contributed by atoms with van der Waals surface area (Å²) in [5, 5.41) is 10.9. The molecule has 0 amide bonds.